The van der Waals surface area contributed by atoms with E-state index in [1.807, 2.05) is 0 Å². The third kappa shape index (κ3) is 2.82. The van der Waals surface area contributed by atoms with Crippen molar-refractivity contribution in [2.24, 2.45) is 0 Å². The highest BCUT2D eigenvalue weighted by atomic mass is 16.6. The van der Waals surface area contributed by atoms with E-state index in [0.717, 1.165) is 25.9 Å². The van der Waals surface area contributed by atoms with Crippen molar-refractivity contribution in [3.63, 3.8) is 0 Å². The van der Waals surface area contributed by atoms with Crippen molar-refractivity contribution in [1.82, 2.24) is 10.3 Å². The predicted octanol–water partition coefficient (Wildman–Crippen LogP) is 0.703. The zero-order valence-electron chi connectivity index (χ0n) is 9.26. The van der Waals surface area contributed by atoms with Gasteiger partial charge in [-0.3, -0.25) is 10.1 Å². The van der Waals surface area contributed by atoms with Crippen LogP contribution in [0.2, 0.25) is 0 Å². The van der Waals surface area contributed by atoms with Gasteiger partial charge in [0.2, 0.25) is 11.7 Å². The molecular formula is C10H14N4O3. The van der Waals surface area contributed by atoms with Gasteiger partial charge in [0, 0.05) is 18.7 Å². The Morgan fingerprint density at radius 3 is 3.00 bits per heavy atom. The van der Waals surface area contributed by atoms with Crippen LogP contribution in [0.1, 0.15) is 12.8 Å². The van der Waals surface area contributed by atoms with Crippen molar-refractivity contribution in [2.75, 3.05) is 18.8 Å². The average molecular weight is 238 g/mol. The summed E-state index contributed by atoms with van der Waals surface area (Å²) in [7, 11) is 0. The topological polar surface area (TPSA) is 103 Å². The van der Waals surface area contributed by atoms with Crippen LogP contribution in [0.3, 0.4) is 0 Å². The number of aromatic nitrogens is 1. The molecule has 2 heterocycles. The minimum atomic E-state index is -0.561. The monoisotopic (exact) mass is 238 g/mol. The first-order valence-corrected chi connectivity index (χ1v) is 5.45. The molecule has 3 N–H and O–H groups in total. The Labute approximate surface area is 98.1 Å². The Balaban J connectivity index is 2.06. The van der Waals surface area contributed by atoms with Crippen LogP contribution in [0.5, 0.6) is 5.88 Å². The van der Waals surface area contributed by atoms with E-state index in [4.69, 9.17) is 10.5 Å². The van der Waals surface area contributed by atoms with Gasteiger partial charge in [-0.1, -0.05) is 0 Å². The highest BCUT2D eigenvalue weighted by molar-refractivity contribution is 5.53. The van der Waals surface area contributed by atoms with E-state index in [9.17, 15) is 10.1 Å². The van der Waals surface area contributed by atoms with Crippen molar-refractivity contribution in [1.29, 1.82) is 0 Å². The maximum absolute atomic E-state index is 10.6. The maximum Gasteiger partial charge on any atom is 0.311 e. The standard InChI is InChI=1S/C10H14N4O3/c11-10-8(14(15)16)3-4-9(13-10)17-7-2-1-5-12-6-7/h3-4,7,12H,1-2,5-6H2,(H2,11,13)/t7-/m0/s1. The summed E-state index contributed by atoms with van der Waals surface area (Å²) in [5.74, 6) is 0.220. The van der Waals surface area contributed by atoms with E-state index >= 15 is 0 Å². The van der Waals surface area contributed by atoms with Crippen molar-refractivity contribution in [2.45, 2.75) is 18.9 Å². The third-order valence-electron chi connectivity index (χ3n) is 2.61. The molecule has 1 atom stereocenters. The average Bonchev–Trinajstić information content (AvgIpc) is 2.30. The number of anilines is 1. The summed E-state index contributed by atoms with van der Waals surface area (Å²) in [5, 5.41) is 13.8. The number of piperidine rings is 1. The fraction of sp³-hybridized carbons (Fsp3) is 0.500. The molecule has 0 bridgehead atoms. The van der Waals surface area contributed by atoms with Crippen molar-refractivity contribution in [3.8, 4) is 5.88 Å². The largest absolute Gasteiger partial charge is 0.473 e. The molecule has 1 aromatic rings. The number of nitrogens with one attached hydrogen (secondary N) is 1. The molecule has 1 fully saturated rings. The zero-order valence-corrected chi connectivity index (χ0v) is 9.26. The normalized spacial score (nSPS) is 19.9. The Morgan fingerprint density at radius 2 is 2.41 bits per heavy atom. The molecule has 0 unspecified atom stereocenters. The van der Waals surface area contributed by atoms with Crippen LogP contribution >= 0.6 is 0 Å². The zero-order chi connectivity index (χ0) is 12.3. The van der Waals surface area contributed by atoms with Gasteiger partial charge < -0.3 is 15.8 Å². The van der Waals surface area contributed by atoms with Crippen molar-refractivity contribution in [3.05, 3.63) is 22.2 Å². The number of pyridine rings is 1. The molecule has 7 nitrogen and oxygen atoms in total. The van der Waals surface area contributed by atoms with E-state index in [2.05, 4.69) is 10.3 Å². The molecule has 1 aliphatic heterocycles. The number of rotatable bonds is 3. The predicted molar refractivity (Wildman–Crippen MR) is 61.8 cm³/mol. The smallest absolute Gasteiger partial charge is 0.311 e. The van der Waals surface area contributed by atoms with Gasteiger partial charge >= 0.3 is 5.69 Å². The minimum Gasteiger partial charge on any atom is -0.473 e. The quantitative estimate of drug-likeness (QED) is 0.593. The van der Waals surface area contributed by atoms with E-state index in [0.29, 0.717) is 5.88 Å². The van der Waals surface area contributed by atoms with Gasteiger partial charge in [-0.05, 0) is 19.4 Å². The highest BCUT2D eigenvalue weighted by Gasteiger charge is 2.17. The molecule has 0 amide bonds. The van der Waals surface area contributed by atoms with E-state index in [-0.39, 0.29) is 17.6 Å². The number of hydrogen-bond acceptors (Lipinski definition) is 6. The van der Waals surface area contributed by atoms with Crippen LogP contribution in [0.15, 0.2) is 12.1 Å². The summed E-state index contributed by atoms with van der Waals surface area (Å²) < 4.78 is 5.59. The second-order valence-electron chi connectivity index (χ2n) is 3.90. The van der Waals surface area contributed by atoms with Crippen LogP contribution in [-0.2, 0) is 0 Å². The van der Waals surface area contributed by atoms with Gasteiger partial charge in [0.1, 0.15) is 6.10 Å². The van der Waals surface area contributed by atoms with E-state index in [1.54, 1.807) is 0 Å². The van der Waals surface area contributed by atoms with Crippen LogP contribution in [0.25, 0.3) is 0 Å². The number of nitrogens with two attached hydrogens (primary N) is 1. The summed E-state index contributed by atoms with van der Waals surface area (Å²) in [6.07, 6.45) is 2.05. The SMILES string of the molecule is Nc1nc(O[C@H]2CCCNC2)ccc1[N+](=O)[O-]. The van der Waals surface area contributed by atoms with Crippen molar-refractivity contribution >= 4 is 11.5 Å². The lowest BCUT2D eigenvalue weighted by Gasteiger charge is -2.23. The molecule has 17 heavy (non-hydrogen) atoms. The second-order valence-corrected chi connectivity index (χ2v) is 3.90. The summed E-state index contributed by atoms with van der Waals surface area (Å²) in [6, 6.07) is 2.79. The first-order chi connectivity index (χ1) is 8.16. The number of nitrogen functional groups attached to an aromatic ring is 1. The molecule has 0 aromatic carbocycles. The number of hydrogen-bond donors (Lipinski definition) is 2. The van der Waals surface area contributed by atoms with E-state index in [1.165, 1.54) is 12.1 Å². The van der Waals surface area contributed by atoms with Gasteiger partial charge in [0.05, 0.1) is 4.92 Å². The summed E-state index contributed by atoms with van der Waals surface area (Å²) in [5.41, 5.74) is 5.28. The van der Waals surface area contributed by atoms with Crippen LogP contribution < -0.4 is 15.8 Å². The molecule has 1 aliphatic rings. The summed E-state index contributed by atoms with van der Waals surface area (Å²) in [4.78, 5) is 13.9. The van der Waals surface area contributed by atoms with Gasteiger partial charge in [-0.15, -0.1) is 0 Å². The lowest BCUT2D eigenvalue weighted by molar-refractivity contribution is -0.384. The molecule has 2 rings (SSSR count). The van der Waals surface area contributed by atoms with Gasteiger partial charge in [0.15, 0.2) is 0 Å². The van der Waals surface area contributed by atoms with Gasteiger partial charge in [0.25, 0.3) is 0 Å². The second kappa shape index (κ2) is 4.96. The molecule has 0 saturated carbocycles. The first kappa shape index (κ1) is 11.6. The fourth-order valence-corrected chi connectivity index (χ4v) is 1.76. The molecule has 0 radical (unpaired) electrons. The number of nitrogens with zero attached hydrogens (tertiary/aromatic N) is 2. The Kier molecular flexibility index (Phi) is 3.38. The summed E-state index contributed by atoms with van der Waals surface area (Å²) >= 11 is 0. The molecule has 7 heteroatoms. The number of nitro groups is 1. The fourth-order valence-electron chi connectivity index (χ4n) is 1.76. The lowest BCUT2D eigenvalue weighted by Crippen LogP contribution is -2.37. The molecule has 1 aromatic heterocycles. The van der Waals surface area contributed by atoms with Crippen LogP contribution in [0, 0.1) is 10.1 Å². The minimum absolute atomic E-state index is 0.0529. The molecule has 92 valence electrons. The molecular weight excluding hydrogens is 224 g/mol. The lowest BCUT2D eigenvalue weighted by atomic mass is 10.1. The van der Waals surface area contributed by atoms with Crippen molar-refractivity contribution < 1.29 is 9.66 Å². The van der Waals surface area contributed by atoms with Gasteiger partial charge in [-0.25, -0.2) is 0 Å². The third-order valence-corrected chi connectivity index (χ3v) is 2.61. The molecule has 0 spiro atoms. The molecule has 1 saturated heterocycles. The first-order valence-electron chi connectivity index (χ1n) is 5.45. The Hall–Kier alpha value is -1.89. The summed E-state index contributed by atoms with van der Waals surface area (Å²) in [6.45, 7) is 1.76. The molecule has 0 aliphatic carbocycles. The maximum atomic E-state index is 10.6. The van der Waals surface area contributed by atoms with Crippen LogP contribution in [0.4, 0.5) is 11.5 Å². The Bertz CT molecular complexity index is 418. The van der Waals surface area contributed by atoms with Crippen LogP contribution in [-0.4, -0.2) is 29.1 Å². The number of ether oxygens (including phenoxy) is 1. The van der Waals surface area contributed by atoms with E-state index < -0.39 is 4.92 Å². The highest BCUT2D eigenvalue weighted by Crippen LogP contribution is 2.23. The van der Waals surface area contributed by atoms with Gasteiger partial charge in [-0.2, -0.15) is 4.98 Å². The Morgan fingerprint density at radius 1 is 1.59 bits per heavy atom.